The zero-order chi connectivity index (χ0) is 14.3. The number of rotatable bonds is 7. The van der Waals surface area contributed by atoms with Crippen LogP contribution in [0.4, 0.5) is 11.4 Å². The molecule has 0 saturated heterocycles. The largest absolute Gasteiger partial charge is 0.493 e. The van der Waals surface area contributed by atoms with Crippen molar-refractivity contribution < 1.29 is 9.47 Å². The molecule has 1 aromatic carbocycles. The van der Waals surface area contributed by atoms with Crippen molar-refractivity contribution in [2.75, 3.05) is 39.4 Å². The molecule has 5 nitrogen and oxygen atoms in total. The minimum Gasteiger partial charge on any atom is -0.493 e. The number of methoxy groups -OCH3 is 1. The maximum absolute atomic E-state index is 5.92. The molecule has 0 spiro atoms. The number of anilines is 1. The number of ether oxygens (including phenoxy) is 2. The van der Waals surface area contributed by atoms with E-state index in [9.17, 15) is 0 Å². The summed E-state index contributed by atoms with van der Waals surface area (Å²) in [6, 6.07) is 3.47. The van der Waals surface area contributed by atoms with Crippen molar-refractivity contribution >= 4 is 29.3 Å². The van der Waals surface area contributed by atoms with Crippen LogP contribution >= 0.6 is 11.6 Å². The second-order valence-electron chi connectivity index (χ2n) is 4.16. The smallest absolute Gasteiger partial charge is 0.163 e. The summed E-state index contributed by atoms with van der Waals surface area (Å²) in [6.45, 7) is 0.528. The van der Waals surface area contributed by atoms with E-state index in [1.807, 2.05) is 19.0 Å². The van der Waals surface area contributed by atoms with Crippen molar-refractivity contribution in [3.05, 3.63) is 12.1 Å². The Morgan fingerprint density at radius 2 is 2.11 bits per heavy atom. The molecule has 2 N–H and O–H groups in total. The molecule has 0 aliphatic heterocycles. The summed E-state index contributed by atoms with van der Waals surface area (Å²) in [5, 5.41) is 0. The van der Waals surface area contributed by atoms with Crippen LogP contribution in [0.2, 0.25) is 0 Å². The van der Waals surface area contributed by atoms with E-state index in [4.69, 9.17) is 26.8 Å². The SMILES string of the molecule is COc1cc(N)c(N=CN(C)C)cc1OCCCCl. The van der Waals surface area contributed by atoms with Crippen LogP contribution in [-0.2, 0) is 0 Å². The van der Waals surface area contributed by atoms with Gasteiger partial charge in [0.05, 0.1) is 31.4 Å². The highest BCUT2D eigenvalue weighted by Gasteiger charge is 2.09. The van der Waals surface area contributed by atoms with Crippen LogP contribution in [0.3, 0.4) is 0 Å². The molecule has 6 heteroatoms. The van der Waals surface area contributed by atoms with Gasteiger partial charge in [-0.15, -0.1) is 11.6 Å². The van der Waals surface area contributed by atoms with Crippen LogP contribution in [0, 0.1) is 0 Å². The van der Waals surface area contributed by atoms with Crippen molar-refractivity contribution in [1.82, 2.24) is 4.90 Å². The Labute approximate surface area is 119 Å². The highest BCUT2D eigenvalue weighted by atomic mass is 35.5. The fraction of sp³-hybridized carbons (Fsp3) is 0.462. The number of nitrogens with two attached hydrogens (primary N) is 1. The number of benzene rings is 1. The lowest BCUT2D eigenvalue weighted by Crippen LogP contribution is -2.07. The number of nitrogens with zero attached hydrogens (tertiary/aromatic N) is 2. The van der Waals surface area contributed by atoms with Crippen LogP contribution < -0.4 is 15.2 Å². The highest BCUT2D eigenvalue weighted by Crippen LogP contribution is 2.36. The standard InChI is InChI=1S/C13H20ClN3O2/c1-17(2)9-16-11-8-13(19-6-4-5-14)12(18-3)7-10(11)15/h7-9H,4-6,15H2,1-3H3. The van der Waals surface area contributed by atoms with Gasteiger partial charge in [-0.3, -0.25) is 0 Å². The van der Waals surface area contributed by atoms with Gasteiger partial charge in [-0.05, 0) is 6.42 Å². The van der Waals surface area contributed by atoms with E-state index in [0.717, 1.165) is 6.42 Å². The Morgan fingerprint density at radius 3 is 2.68 bits per heavy atom. The second-order valence-corrected chi connectivity index (χ2v) is 4.54. The molecule has 0 atom stereocenters. The summed E-state index contributed by atoms with van der Waals surface area (Å²) in [5.41, 5.74) is 7.11. The van der Waals surface area contributed by atoms with Crippen molar-refractivity contribution in [2.45, 2.75) is 6.42 Å². The Balaban J connectivity index is 2.96. The Bertz CT molecular complexity index is 436. The van der Waals surface area contributed by atoms with E-state index in [1.54, 1.807) is 25.6 Å². The van der Waals surface area contributed by atoms with Crippen LogP contribution in [0.25, 0.3) is 0 Å². The van der Waals surface area contributed by atoms with E-state index in [-0.39, 0.29) is 0 Å². The van der Waals surface area contributed by atoms with Gasteiger partial charge in [0.2, 0.25) is 0 Å². The van der Waals surface area contributed by atoms with Crippen molar-refractivity contribution in [3.63, 3.8) is 0 Å². The second kappa shape index (κ2) is 7.74. The lowest BCUT2D eigenvalue weighted by molar-refractivity contribution is 0.295. The molecule has 0 heterocycles. The van der Waals surface area contributed by atoms with Gasteiger partial charge >= 0.3 is 0 Å². The molecule has 0 saturated carbocycles. The number of hydrogen-bond donors (Lipinski definition) is 1. The van der Waals surface area contributed by atoms with Gasteiger partial charge in [-0.1, -0.05) is 0 Å². The van der Waals surface area contributed by atoms with E-state index >= 15 is 0 Å². The maximum Gasteiger partial charge on any atom is 0.163 e. The number of hydrogen-bond acceptors (Lipinski definition) is 4. The van der Waals surface area contributed by atoms with Gasteiger partial charge in [0.1, 0.15) is 0 Å². The van der Waals surface area contributed by atoms with Crippen LogP contribution in [0.15, 0.2) is 17.1 Å². The Morgan fingerprint density at radius 1 is 1.37 bits per heavy atom. The molecule has 0 unspecified atom stereocenters. The predicted octanol–water partition coefficient (Wildman–Crippen LogP) is 2.51. The summed E-state index contributed by atoms with van der Waals surface area (Å²) in [4.78, 5) is 6.11. The molecule has 0 amide bonds. The fourth-order valence-electron chi connectivity index (χ4n) is 1.36. The van der Waals surface area contributed by atoms with E-state index in [2.05, 4.69) is 4.99 Å². The molecule has 19 heavy (non-hydrogen) atoms. The Hall–Kier alpha value is -1.62. The third kappa shape index (κ3) is 4.87. The molecule has 0 radical (unpaired) electrons. The predicted molar refractivity (Wildman–Crippen MR) is 80.1 cm³/mol. The van der Waals surface area contributed by atoms with Crippen LogP contribution in [-0.4, -0.2) is 44.9 Å². The van der Waals surface area contributed by atoms with Crippen molar-refractivity contribution in [3.8, 4) is 11.5 Å². The normalized spacial score (nSPS) is 10.7. The van der Waals surface area contributed by atoms with E-state index in [1.165, 1.54) is 0 Å². The summed E-state index contributed by atoms with van der Waals surface area (Å²) in [5.74, 6) is 1.77. The molecule has 0 aliphatic carbocycles. The van der Waals surface area contributed by atoms with Gasteiger partial charge in [0, 0.05) is 32.1 Å². The quantitative estimate of drug-likeness (QED) is 0.275. The van der Waals surface area contributed by atoms with Crippen LogP contribution in [0.5, 0.6) is 11.5 Å². The fourth-order valence-corrected chi connectivity index (χ4v) is 1.47. The molecule has 1 rings (SSSR count). The first kappa shape index (κ1) is 15.4. The molecule has 106 valence electrons. The van der Waals surface area contributed by atoms with E-state index < -0.39 is 0 Å². The van der Waals surface area contributed by atoms with Gasteiger partial charge in [0.25, 0.3) is 0 Å². The average molecular weight is 286 g/mol. The topological polar surface area (TPSA) is 60.1 Å². The third-order valence-electron chi connectivity index (χ3n) is 2.28. The van der Waals surface area contributed by atoms with Gasteiger partial charge in [-0.2, -0.15) is 0 Å². The zero-order valence-corrected chi connectivity index (χ0v) is 12.3. The lowest BCUT2D eigenvalue weighted by Gasteiger charge is -2.13. The summed E-state index contributed by atoms with van der Waals surface area (Å²) in [7, 11) is 5.36. The van der Waals surface area contributed by atoms with Gasteiger partial charge < -0.3 is 20.1 Å². The molecular formula is C13H20ClN3O2. The number of aliphatic imine (C=N–C) groups is 1. The minimum absolute atomic E-state index is 0.528. The average Bonchev–Trinajstić information content (AvgIpc) is 2.38. The maximum atomic E-state index is 5.92. The van der Waals surface area contributed by atoms with Crippen LogP contribution in [0.1, 0.15) is 6.42 Å². The molecule has 0 bridgehead atoms. The minimum atomic E-state index is 0.528. The number of nitrogen functional groups attached to an aromatic ring is 1. The van der Waals surface area contributed by atoms with Crippen molar-refractivity contribution in [1.29, 1.82) is 0 Å². The summed E-state index contributed by atoms with van der Waals surface area (Å²) in [6.07, 6.45) is 2.45. The first-order valence-electron chi connectivity index (χ1n) is 5.95. The van der Waals surface area contributed by atoms with Gasteiger partial charge in [0.15, 0.2) is 11.5 Å². The summed E-state index contributed by atoms with van der Waals surface area (Å²) >= 11 is 5.62. The highest BCUT2D eigenvalue weighted by molar-refractivity contribution is 6.17. The van der Waals surface area contributed by atoms with Crippen molar-refractivity contribution in [2.24, 2.45) is 4.99 Å². The molecule has 0 aliphatic rings. The third-order valence-corrected chi connectivity index (χ3v) is 2.54. The van der Waals surface area contributed by atoms with Gasteiger partial charge in [-0.25, -0.2) is 4.99 Å². The van der Waals surface area contributed by atoms with E-state index in [0.29, 0.717) is 35.4 Å². The number of alkyl halides is 1. The lowest BCUT2D eigenvalue weighted by atomic mass is 10.2. The zero-order valence-electron chi connectivity index (χ0n) is 11.5. The molecular weight excluding hydrogens is 266 g/mol. The monoisotopic (exact) mass is 285 g/mol. The first-order valence-corrected chi connectivity index (χ1v) is 6.48. The molecule has 0 fully saturated rings. The first-order chi connectivity index (χ1) is 9.08. The molecule has 0 aromatic heterocycles. The number of halogens is 1. The Kier molecular flexibility index (Phi) is 6.29. The molecule has 1 aromatic rings. The summed E-state index contributed by atoms with van der Waals surface area (Å²) < 4.78 is 10.9.